The van der Waals surface area contributed by atoms with E-state index >= 15 is 0 Å². The maximum Gasteiger partial charge on any atom is 0.0697 e. The fourth-order valence-electron chi connectivity index (χ4n) is 0.842. The van der Waals surface area contributed by atoms with Gasteiger partial charge in [0, 0.05) is 12.6 Å². The van der Waals surface area contributed by atoms with Gasteiger partial charge in [-0.2, -0.15) is 0 Å². The molecule has 0 aliphatic carbocycles. The van der Waals surface area contributed by atoms with Crippen LogP contribution in [0.3, 0.4) is 0 Å². The monoisotopic (exact) mass is 131 g/mol. The third kappa shape index (κ3) is 2.33. The van der Waals surface area contributed by atoms with Crippen LogP contribution in [0, 0.1) is 0 Å². The minimum Gasteiger partial charge on any atom is -0.376 e. The minimum absolute atomic E-state index is 0. The summed E-state index contributed by atoms with van der Waals surface area (Å²) >= 11 is 0. The van der Waals surface area contributed by atoms with Gasteiger partial charge in [0.25, 0.3) is 0 Å². The number of hydrogen-bond donors (Lipinski definition) is 1. The minimum atomic E-state index is 0. The van der Waals surface area contributed by atoms with Crippen LogP contribution in [0.5, 0.6) is 0 Å². The van der Waals surface area contributed by atoms with Crippen molar-refractivity contribution in [2.45, 2.75) is 33.4 Å². The molecule has 2 nitrogen and oxygen atoms in total. The van der Waals surface area contributed by atoms with Crippen LogP contribution in [0.1, 0.15) is 21.3 Å². The molecule has 1 fully saturated rings. The van der Waals surface area contributed by atoms with E-state index in [0.717, 1.165) is 13.2 Å². The highest BCUT2D eigenvalue weighted by atomic mass is 16.5. The van der Waals surface area contributed by atoms with E-state index in [0.29, 0.717) is 12.1 Å². The van der Waals surface area contributed by atoms with Crippen LogP contribution in [0.15, 0.2) is 0 Å². The number of ether oxygens (including phenoxy) is 1. The van der Waals surface area contributed by atoms with Crippen molar-refractivity contribution in [3.8, 4) is 0 Å². The van der Waals surface area contributed by atoms with E-state index in [4.69, 9.17) is 4.74 Å². The van der Waals surface area contributed by atoms with Crippen LogP contribution < -0.4 is 5.32 Å². The Morgan fingerprint density at radius 3 is 2.44 bits per heavy atom. The standard InChI is InChI=1S/C6H13NO.CH4/c1-5-6(2)8-4-3-7-5;/h5-7H,3-4H2,1-2H3;1H4. The molecule has 0 amide bonds. The molecule has 0 saturated carbocycles. The summed E-state index contributed by atoms with van der Waals surface area (Å²) in [5.74, 6) is 0. The summed E-state index contributed by atoms with van der Waals surface area (Å²) in [6.07, 6.45) is 0.392. The van der Waals surface area contributed by atoms with E-state index in [1.165, 1.54) is 0 Å². The molecule has 9 heavy (non-hydrogen) atoms. The lowest BCUT2D eigenvalue weighted by Gasteiger charge is -2.26. The smallest absolute Gasteiger partial charge is 0.0697 e. The molecular formula is C7H17NO. The predicted octanol–water partition coefficient (Wildman–Crippen LogP) is 1.02. The SMILES string of the molecule is C.CC1NCCOC1C. The van der Waals surface area contributed by atoms with E-state index in [1.54, 1.807) is 0 Å². The summed E-state index contributed by atoms with van der Waals surface area (Å²) in [5.41, 5.74) is 0. The van der Waals surface area contributed by atoms with E-state index in [2.05, 4.69) is 19.2 Å². The average Bonchev–Trinajstić information content (AvgIpc) is 1.77. The highest BCUT2D eigenvalue weighted by Crippen LogP contribution is 2.00. The Morgan fingerprint density at radius 2 is 2.11 bits per heavy atom. The fraction of sp³-hybridized carbons (Fsp3) is 1.00. The van der Waals surface area contributed by atoms with Crippen LogP contribution in [-0.4, -0.2) is 25.3 Å². The summed E-state index contributed by atoms with van der Waals surface area (Å²) in [6, 6.07) is 0.531. The molecule has 0 radical (unpaired) electrons. The van der Waals surface area contributed by atoms with Crippen molar-refractivity contribution in [1.29, 1.82) is 0 Å². The third-order valence-electron chi connectivity index (χ3n) is 1.65. The van der Waals surface area contributed by atoms with Crippen LogP contribution in [0.4, 0.5) is 0 Å². The van der Waals surface area contributed by atoms with Crippen LogP contribution in [-0.2, 0) is 4.74 Å². The first-order valence-corrected chi connectivity index (χ1v) is 3.15. The van der Waals surface area contributed by atoms with Gasteiger partial charge in [-0.05, 0) is 13.8 Å². The van der Waals surface area contributed by atoms with Gasteiger partial charge in [0.2, 0.25) is 0 Å². The molecule has 1 N–H and O–H groups in total. The Hall–Kier alpha value is -0.0800. The molecule has 0 aromatic carbocycles. The van der Waals surface area contributed by atoms with Crippen molar-refractivity contribution >= 4 is 0 Å². The quantitative estimate of drug-likeness (QED) is 0.530. The molecule has 2 heteroatoms. The van der Waals surface area contributed by atoms with Crippen molar-refractivity contribution < 1.29 is 4.74 Å². The van der Waals surface area contributed by atoms with Gasteiger partial charge in [-0.3, -0.25) is 0 Å². The summed E-state index contributed by atoms with van der Waals surface area (Å²) < 4.78 is 5.33. The molecule has 0 bridgehead atoms. The molecule has 2 unspecified atom stereocenters. The highest BCUT2D eigenvalue weighted by Gasteiger charge is 2.15. The van der Waals surface area contributed by atoms with Gasteiger partial charge >= 0.3 is 0 Å². The molecule has 1 aliphatic rings. The number of rotatable bonds is 0. The van der Waals surface area contributed by atoms with Crippen LogP contribution in [0.2, 0.25) is 0 Å². The molecule has 2 atom stereocenters. The second-order valence-corrected chi connectivity index (χ2v) is 2.32. The van der Waals surface area contributed by atoms with Crippen molar-refractivity contribution in [2.24, 2.45) is 0 Å². The molecule has 1 saturated heterocycles. The van der Waals surface area contributed by atoms with E-state index < -0.39 is 0 Å². The fourth-order valence-corrected chi connectivity index (χ4v) is 0.842. The van der Waals surface area contributed by atoms with Gasteiger partial charge in [0.15, 0.2) is 0 Å². The van der Waals surface area contributed by atoms with Crippen molar-refractivity contribution in [3.63, 3.8) is 0 Å². The maximum atomic E-state index is 5.33. The number of nitrogens with one attached hydrogen (secondary N) is 1. The number of hydrogen-bond acceptors (Lipinski definition) is 2. The predicted molar refractivity (Wildman–Crippen MR) is 39.6 cm³/mol. The van der Waals surface area contributed by atoms with Crippen molar-refractivity contribution in [2.75, 3.05) is 13.2 Å². The lowest BCUT2D eigenvalue weighted by atomic mass is 10.2. The molecule has 1 heterocycles. The summed E-state index contributed by atoms with van der Waals surface area (Å²) in [6.45, 7) is 6.11. The zero-order valence-corrected chi connectivity index (χ0v) is 5.48. The number of morpholine rings is 1. The first kappa shape index (κ1) is 8.92. The van der Waals surface area contributed by atoms with E-state index in [-0.39, 0.29) is 7.43 Å². The highest BCUT2D eigenvalue weighted by molar-refractivity contribution is 4.71. The Bertz CT molecular complexity index is 65.3. The summed E-state index contributed by atoms with van der Waals surface area (Å²) in [5, 5.41) is 3.31. The largest absolute Gasteiger partial charge is 0.376 e. The van der Waals surface area contributed by atoms with Crippen molar-refractivity contribution in [3.05, 3.63) is 0 Å². The van der Waals surface area contributed by atoms with E-state index in [9.17, 15) is 0 Å². The van der Waals surface area contributed by atoms with Gasteiger partial charge in [-0.1, -0.05) is 7.43 Å². The molecule has 56 valence electrons. The Kier molecular flexibility index (Phi) is 3.82. The summed E-state index contributed by atoms with van der Waals surface area (Å²) in [7, 11) is 0. The Morgan fingerprint density at radius 1 is 1.44 bits per heavy atom. The van der Waals surface area contributed by atoms with Gasteiger partial charge in [-0.25, -0.2) is 0 Å². The second-order valence-electron chi connectivity index (χ2n) is 2.32. The lowest BCUT2D eigenvalue weighted by molar-refractivity contribution is 0.0135. The zero-order chi connectivity index (χ0) is 5.98. The third-order valence-corrected chi connectivity index (χ3v) is 1.65. The first-order valence-electron chi connectivity index (χ1n) is 3.15. The molecule has 0 aromatic heterocycles. The molecule has 0 aromatic rings. The lowest BCUT2D eigenvalue weighted by Crippen LogP contribution is -2.44. The molecule has 0 spiro atoms. The summed E-state index contributed by atoms with van der Waals surface area (Å²) in [4.78, 5) is 0. The first-order chi connectivity index (χ1) is 3.80. The Labute approximate surface area is 57.6 Å². The van der Waals surface area contributed by atoms with Gasteiger partial charge in [0.05, 0.1) is 12.7 Å². The Balaban J connectivity index is 0.000000640. The second kappa shape index (κ2) is 3.85. The van der Waals surface area contributed by atoms with Gasteiger partial charge < -0.3 is 10.1 Å². The normalized spacial score (nSPS) is 35.3. The van der Waals surface area contributed by atoms with Gasteiger partial charge in [-0.15, -0.1) is 0 Å². The molecule has 1 aliphatic heterocycles. The van der Waals surface area contributed by atoms with Crippen LogP contribution >= 0.6 is 0 Å². The van der Waals surface area contributed by atoms with Crippen LogP contribution in [0.25, 0.3) is 0 Å². The maximum absolute atomic E-state index is 5.33. The van der Waals surface area contributed by atoms with Crippen molar-refractivity contribution in [1.82, 2.24) is 5.32 Å². The van der Waals surface area contributed by atoms with Gasteiger partial charge in [0.1, 0.15) is 0 Å². The zero-order valence-electron chi connectivity index (χ0n) is 5.48. The van der Waals surface area contributed by atoms with E-state index in [1.807, 2.05) is 0 Å². The molecule has 1 rings (SSSR count). The topological polar surface area (TPSA) is 21.3 Å². The average molecular weight is 131 g/mol. The molecular weight excluding hydrogens is 114 g/mol.